The molecular weight excluding hydrogens is 422 g/mol. The Labute approximate surface area is 179 Å². The minimum Gasteiger partial charge on any atom is -0.324 e. The van der Waals surface area contributed by atoms with E-state index in [1.165, 1.54) is 11.3 Å². The molecule has 0 aliphatic rings. The molecule has 0 saturated heterocycles. The van der Waals surface area contributed by atoms with Gasteiger partial charge in [-0.25, -0.2) is 8.42 Å². The molecule has 3 rings (SSSR count). The van der Waals surface area contributed by atoms with Crippen molar-refractivity contribution in [3.8, 4) is 0 Å². The Morgan fingerprint density at radius 3 is 2.30 bits per heavy atom. The lowest BCUT2D eigenvalue weighted by molar-refractivity contribution is -0.114. The molecule has 1 aromatic heterocycles. The zero-order chi connectivity index (χ0) is 21.7. The van der Waals surface area contributed by atoms with E-state index in [1.807, 2.05) is 5.38 Å². The number of aryl methyl sites for hydroxylation is 1. The quantitative estimate of drug-likeness (QED) is 0.582. The lowest BCUT2D eigenvalue weighted by Gasteiger charge is -2.23. The number of nitrogens with one attached hydrogen (secondary N) is 2. The summed E-state index contributed by atoms with van der Waals surface area (Å²) in [6, 6.07) is 17.1. The molecule has 0 spiro atoms. The number of nitrogens with zero attached hydrogens (tertiary/aromatic N) is 1. The Morgan fingerprint density at radius 1 is 0.967 bits per heavy atom. The van der Waals surface area contributed by atoms with Gasteiger partial charge in [-0.15, -0.1) is 11.3 Å². The molecule has 0 saturated carbocycles. The van der Waals surface area contributed by atoms with Crippen molar-refractivity contribution in [2.45, 2.75) is 6.92 Å². The average molecular weight is 444 g/mol. The number of para-hydroxylation sites is 1. The van der Waals surface area contributed by atoms with Gasteiger partial charge in [0, 0.05) is 11.4 Å². The van der Waals surface area contributed by atoms with E-state index in [9.17, 15) is 18.0 Å². The van der Waals surface area contributed by atoms with Gasteiger partial charge in [-0.2, -0.15) is 0 Å². The highest BCUT2D eigenvalue weighted by Gasteiger charge is 2.22. The lowest BCUT2D eigenvalue weighted by Crippen LogP contribution is -2.37. The maximum Gasteiger partial charge on any atom is 0.265 e. The molecule has 7 nitrogen and oxygen atoms in total. The molecule has 0 unspecified atom stereocenters. The van der Waals surface area contributed by atoms with Gasteiger partial charge in [-0.3, -0.25) is 13.9 Å². The summed E-state index contributed by atoms with van der Waals surface area (Å²) in [6.07, 6.45) is 1.06. The molecule has 0 aliphatic heterocycles. The van der Waals surface area contributed by atoms with Crippen LogP contribution in [0.2, 0.25) is 0 Å². The van der Waals surface area contributed by atoms with Crippen LogP contribution in [0.3, 0.4) is 0 Å². The first kappa shape index (κ1) is 21.5. The van der Waals surface area contributed by atoms with E-state index in [-0.39, 0.29) is 12.5 Å². The van der Waals surface area contributed by atoms with Gasteiger partial charge in [0.15, 0.2) is 0 Å². The molecule has 30 heavy (non-hydrogen) atoms. The molecule has 2 aromatic carbocycles. The van der Waals surface area contributed by atoms with Crippen LogP contribution in [0.1, 0.15) is 15.2 Å². The summed E-state index contributed by atoms with van der Waals surface area (Å²) in [7, 11) is -3.66. The van der Waals surface area contributed by atoms with Gasteiger partial charge >= 0.3 is 0 Å². The summed E-state index contributed by atoms with van der Waals surface area (Å²) in [5.74, 6) is -0.735. The van der Waals surface area contributed by atoms with Crippen LogP contribution < -0.4 is 14.9 Å². The topological polar surface area (TPSA) is 95.6 Å². The van der Waals surface area contributed by atoms with E-state index >= 15 is 0 Å². The van der Waals surface area contributed by atoms with Gasteiger partial charge in [0.1, 0.15) is 6.54 Å². The van der Waals surface area contributed by atoms with Gasteiger partial charge in [-0.1, -0.05) is 30.3 Å². The second-order valence-corrected chi connectivity index (χ2v) is 9.47. The first-order valence-electron chi connectivity index (χ1n) is 9.02. The number of rotatable bonds is 7. The molecule has 9 heteroatoms. The maximum atomic E-state index is 12.6. The van der Waals surface area contributed by atoms with Crippen LogP contribution in [0.25, 0.3) is 0 Å². The maximum absolute atomic E-state index is 12.6. The highest BCUT2D eigenvalue weighted by Crippen LogP contribution is 2.22. The number of benzene rings is 2. The van der Waals surface area contributed by atoms with Crippen LogP contribution in [0.15, 0.2) is 66.0 Å². The Hall–Kier alpha value is -3.17. The monoisotopic (exact) mass is 443 g/mol. The minimum absolute atomic E-state index is 0.240. The molecule has 0 bridgehead atoms. The van der Waals surface area contributed by atoms with Crippen molar-refractivity contribution in [3.05, 3.63) is 76.5 Å². The van der Waals surface area contributed by atoms with E-state index in [2.05, 4.69) is 10.6 Å². The van der Waals surface area contributed by atoms with Crippen LogP contribution in [0.5, 0.6) is 0 Å². The van der Waals surface area contributed by atoms with Crippen LogP contribution >= 0.6 is 11.3 Å². The number of hydrogen-bond donors (Lipinski definition) is 2. The third kappa shape index (κ3) is 5.46. The average Bonchev–Trinajstić information content (AvgIpc) is 3.21. The summed E-state index contributed by atoms with van der Waals surface area (Å²) < 4.78 is 25.6. The van der Waals surface area contributed by atoms with Crippen LogP contribution in [-0.4, -0.2) is 33.0 Å². The van der Waals surface area contributed by atoms with Crippen LogP contribution in [-0.2, 0) is 14.8 Å². The zero-order valence-electron chi connectivity index (χ0n) is 16.5. The lowest BCUT2D eigenvalue weighted by atomic mass is 10.2. The van der Waals surface area contributed by atoms with Crippen molar-refractivity contribution in [2.75, 3.05) is 27.7 Å². The smallest absolute Gasteiger partial charge is 0.265 e. The van der Waals surface area contributed by atoms with E-state index in [1.54, 1.807) is 67.6 Å². The predicted octanol–water partition coefficient (Wildman–Crippen LogP) is 3.71. The minimum atomic E-state index is -3.66. The predicted molar refractivity (Wildman–Crippen MR) is 121 cm³/mol. The van der Waals surface area contributed by atoms with Crippen molar-refractivity contribution < 1.29 is 18.0 Å². The first-order chi connectivity index (χ1) is 14.2. The fraction of sp³-hybridized carbons (Fsp3) is 0.143. The Balaban J connectivity index is 1.72. The molecule has 0 atom stereocenters. The fourth-order valence-electron chi connectivity index (χ4n) is 2.83. The molecule has 2 amide bonds. The molecule has 0 aliphatic carbocycles. The van der Waals surface area contributed by atoms with E-state index in [0.29, 0.717) is 21.9 Å². The number of anilines is 3. The van der Waals surface area contributed by atoms with E-state index in [0.717, 1.165) is 16.1 Å². The summed E-state index contributed by atoms with van der Waals surface area (Å²) >= 11 is 1.33. The number of sulfonamides is 1. The third-order valence-electron chi connectivity index (χ3n) is 4.22. The Kier molecular flexibility index (Phi) is 6.53. The number of amides is 2. The number of carbonyl (C=O) groups excluding carboxylic acids is 2. The molecular formula is C21H21N3O4S2. The summed E-state index contributed by atoms with van der Waals surface area (Å²) in [4.78, 5) is 25.3. The van der Waals surface area contributed by atoms with Gasteiger partial charge in [0.25, 0.3) is 5.91 Å². The summed E-state index contributed by atoms with van der Waals surface area (Å²) in [5.41, 5.74) is 2.16. The summed E-state index contributed by atoms with van der Waals surface area (Å²) in [6.45, 7) is 1.42. The standard InChI is InChI=1S/C21H21N3O4S2/c1-15-7-3-4-10-18(15)24(30(2,27)28)14-20(25)22-16-8-5-9-17(13-16)23-21(26)19-11-6-12-29-19/h3-13H,14H2,1-2H3,(H,22,25)(H,23,26). The molecule has 2 N–H and O–H groups in total. The number of hydrogen-bond acceptors (Lipinski definition) is 5. The van der Waals surface area contributed by atoms with Gasteiger partial charge in [-0.05, 0) is 48.2 Å². The van der Waals surface area contributed by atoms with Crippen molar-refractivity contribution in [3.63, 3.8) is 0 Å². The van der Waals surface area contributed by atoms with Crippen molar-refractivity contribution in [1.29, 1.82) is 0 Å². The highest BCUT2D eigenvalue weighted by molar-refractivity contribution is 7.92. The molecule has 0 fully saturated rings. The molecule has 3 aromatic rings. The Bertz CT molecular complexity index is 1160. The largest absolute Gasteiger partial charge is 0.324 e. The van der Waals surface area contributed by atoms with Gasteiger partial charge in [0.2, 0.25) is 15.9 Å². The molecule has 156 valence electrons. The highest BCUT2D eigenvalue weighted by atomic mass is 32.2. The van der Waals surface area contributed by atoms with Crippen LogP contribution in [0, 0.1) is 6.92 Å². The normalized spacial score (nSPS) is 11.0. The first-order valence-corrected chi connectivity index (χ1v) is 11.7. The van der Waals surface area contributed by atoms with Crippen molar-refractivity contribution in [2.24, 2.45) is 0 Å². The van der Waals surface area contributed by atoms with E-state index < -0.39 is 15.9 Å². The summed E-state index contributed by atoms with van der Waals surface area (Å²) in [5, 5.41) is 7.27. The second kappa shape index (κ2) is 9.10. The Morgan fingerprint density at radius 2 is 1.67 bits per heavy atom. The van der Waals surface area contributed by atoms with Crippen molar-refractivity contribution in [1.82, 2.24) is 0 Å². The number of carbonyl (C=O) groups is 2. The van der Waals surface area contributed by atoms with Crippen molar-refractivity contribution >= 4 is 50.2 Å². The third-order valence-corrected chi connectivity index (χ3v) is 6.22. The zero-order valence-corrected chi connectivity index (χ0v) is 18.1. The fourth-order valence-corrected chi connectivity index (χ4v) is 4.36. The molecule has 0 radical (unpaired) electrons. The van der Waals surface area contributed by atoms with E-state index in [4.69, 9.17) is 0 Å². The SMILES string of the molecule is Cc1ccccc1N(CC(=O)Nc1cccc(NC(=O)c2cccs2)c1)S(C)(=O)=O. The number of thiophene rings is 1. The molecule has 1 heterocycles. The van der Waals surface area contributed by atoms with Gasteiger partial charge < -0.3 is 10.6 Å². The second-order valence-electron chi connectivity index (χ2n) is 6.62. The van der Waals surface area contributed by atoms with Gasteiger partial charge in [0.05, 0.1) is 16.8 Å². The van der Waals surface area contributed by atoms with Crippen LogP contribution in [0.4, 0.5) is 17.1 Å².